The summed E-state index contributed by atoms with van der Waals surface area (Å²) in [7, 11) is -0.492. The highest BCUT2D eigenvalue weighted by Crippen LogP contribution is 2.38. The molecule has 0 amide bonds. The van der Waals surface area contributed by atoms with Gasteiger partial charge in [0.1, 0.15) is 0 Å². The van der Waals surface area contributed by atoms with E-state index in [1.54, 1.807) is 0 Å². The number of aromatic nitrogens is 3. The van der Waals surface area contributed by atoms with E-state index in [0.717, 1.165) is 44.4 Å². The molecule has 0 unspecified atom stereocenters. The maximum absolute atomic E-state index is 6.38. The van der Waals surface area contributed by atoms with E-state index in [0.29, 0.717) is 17.5 Å². The van der Waals surface area contributed by atoms with Crippen LogP contribution in [0.4, 0.5) is 0 Å². The van der Waals surface area contributed by atoms with Crippen molar-refractivity contribution >= 4 is 12.6 Å². The summed E-state index contributed by atoms with van der Waals surface area (Å²) in [6.07, 6.45) is 0. The topological polar surface area (TPSA) is 57.1 Å². The van der Waals surface area contributed by atoms with Crippen LogP contribution in [0.25, 0.3) is 56.4 Å². The highest BCUT2D eigenvalue weighted by Gasteiger charge is 2.51. The van der Waals surface area contributed by atoms with Crippen molar-refractivity contribution in [3.8, 4) is 56.4 Å². The first kappa shape index (κ1) is 28.8. The minimum Gasteiger partial charge on any atom is -0.399 e. The minimum absolute atomic E-state index is 0.441. The lowest BCUT2D eigenvalue weighted by Crippen LogP contribution is -2.41. The fourth-order valence-corrected chi connectivity index (χ4v) is 5.64. The van der Waals surface area contributed by atoms with Gasteiger partial charge in [-0.1, -0.05) is 133 Å². The van der Waals surface area contributed by atoms with Gasteiger partial charge in [-0.2, -0.15) is 0 Å². The molecule has 0 atom stereocenters. The second-order valence-electron chi connectivity index (χ2n) is 12.3. The molecule has 1 aromatic heterocycles. The Balaban J connectivity index is 1.41. The van der Waals surface area contributed by atoms with Crippen LogP contribution < -0.4 is 5.46 Å². The first-order chi connectivity index (χ1) is 21.8. The predicted octanol–water partition coefficient (Wildman–Crippen LogP) is 8.51. The van der Waals surface area contributed by atoms with Crippen LogP contribution in [0.3, 0.4) is 0 Å². The van der Waals surface area contributed by atoms with E-state index in [1.807, 2.05) is 78.9 Å². The molecule has 1 saturated heterocycles. The van der Waals surface area contributed by atoms with Gasteiger partial charge in [-0.3, -0.25) is 0 Å². The Morgan fingerprint density at radius 1 is 0.422 bits per heavy atom. The van der Waals surface area contributed by atoms with Crippen LogP contribution in [0.15, 0.2) is 133 Å². The molecule has 5 nitrogen and oxygen atoms in total. The zero-order valence-electron chi connectivity index (χ0n) is 25.9. The second kappa shape index (κ2) is 11.5. The van der Waals surface area contributed by atoms with Crippen molar-refractivity contribution < 1.29 is 9.31 Å². The average molecular weight is 588 g/mol. The Hall–Kier alpha value is -4.91. The van der Waals surface area contributed by atoms with Crippen molar-refractivity contribution in [2.24, 2.45) is 0 Å². The van der Waals surface area contributed by atoms with E-state index < -0.39 is 18.3 Å². The van der Waals surface area contributed by atoms with Gasteiger partial charge in [0.2, 0.25) is 0 Å². The SMILES string of the molecule is CC1(C)OB(c2cccc(-c3nc(-c4ccccc4-c4ccccc4)nc(-c4ccccc4-c4ccccc4)n3)c2)OC1(C)C. The van der Waals surface area contributed by atoms with Crippen LogP contribution in [0.2, 0.25) is 0 Å². The van der Waals surface area contributed by atoms with Crippen molar-refractivity contribution in [3.63, 3.8) is 0 Å². The molecule has 220 valence electrons. The van der Waals surface area contributed by atoms with Crippen molar-refractivity contribution in [2.45, 2.75) is 38.9 Å². The first-order valence-corrected chi connectivity index (χ1v) is 15.3. The third-order valence-corrected chi connectivity index (χ3v) is 8.81. The summed E-state index contributed by atoms with van der Waals surface area (Å²) in [5.74, 6) is 1.80. The average Bonchev–Trinajstić information content (AvgIpc) is 3.31. The molecule has 0 bridgehead atoms. The molecule has 0 N–H and O–H groups in total. The van der Waals surface area contributed by atoms with Crippen LogP contribution in [0, 0.1) is 0 Å². The highest BCUT2D eigenvalue weighted by molar-refractivity contribution is 6.62. The van der Waals surface area contributed by atoms with E-state index in [2.05, 4.69) is 82.3 Å². The molecule has 2 heterocycles. The fourth-order valence-electron chi connectivity index (χ4n) is 5.64. The standard InChI is InChI=1S/C39H34BN3O2/c1-38(2)39(3,4)45-40(44-38)30-21-15-20-29(26-30)35-41-36(33-24-13-11-22-31(33)27-16-7-5-8-17-27)43-37(42-35)34-25-14-12-23-32(34)28-18-9-6-10-19-28/h5-26H,1-4H3. The van der Waals surface area contributed by atoms with Gasteiger partial charge in [0.15, 0.2) is 17.5 Å². The Morgan fingerprint density at radius 2 is 0.822 bits per heavy atom. The van der Waals surface area contributed by atoms with Gasteiger partial charge in [-0.25, -0.2) is 15.0 Å². The first-order valence-electron chi connectivity index (χ1n) is 15.3. The van der Waals surface area contributed by atoms with Crippen LogP contribution in [-0.4, -0.2) is 33.3 Å². The quantitative estimate of drug-likeness (QED) is 0.183. The van der Waals surface area contributed by atoms with Crippen molar-refractivity contribution in [1.82, 2.24) is 15.0 Å². The molecular formula is C39H34BN3O2. The largest absolute Gasteiger partial charge is 0.494 e. The number of benzene rings is 5. The molecule has 0 aliphatic carbocycles. The van der Waals surface area contributed by atoms with Crippen LogP contribution in [-0.2, 0) is 9.31 Å². The summed E-state index contributed by atoms with van der Waals surface area (Å²) in [6.45, 7) is 8.26. The van der Waals surface area contributed by atoms with Gasteiger partial charge in [0, 0.05) is 16.7 Å². The molecule has 6 aromatic rings. The number of rotatable bonds is 6. The summed E-state index contributed by atoms with van der Waals surface area (Å²) < 4.78 is 12.8. The summed E-state index contributed by atoms with van der Waals surface area (Å²) in [6, 6.07) is 45.4. The van der Waals surface area contributed by atoms with Crippen LogP contribution >= 0.6 is 0 Å². The van der Waals surface area contributed by atoms with Crippen molar-refractivity contribution in [2.75, 3.05) is 0 Å². The molecule has 6 heteroatoms. The Bertz CT molecular complexity index is 1860. The lowest BCUT2D eigenvalue weighted by atomic mass is 9.78. The Kier molecular flexibility index (Phi) is 7.40. The zero-order valence-corrected chi connectivity index (χ0v) is 25.9. The van der Waals surface area contributed by atoms with Gasteiger partial charge >= 0.3 is 7.12 Å². The molecule has 0 saturated carbocycles. The summed E-state index contributed by atoms with van der Waals surface area (Å²) >= 11 is 0. The van der Waals surface area contributed by atoms with Gasteiger partial charge in [-0.15, -0.1) is 0 Å². The van der Waals surface area contributed by atoms with E-state index in [4.69, 9.17) is 24.3 Å². The lowest BCUT2D eigenvalue weighted by molar-refractivity contribution is 0.00578. The minimum atomic E-state index is -0.492. The molecule has 0 radical (unpaired) electrons. The molecule has 5 aromatic carbocycles. The molecule has 1 fully saturated rings. The van der Waals surface area contributed by atoms with E-state index in [-0.39, 0.29) is 0 Å². The summed E-state index contributed by atoms with van der Waals surface area (Å²) in [5, 5.41) is 0. The maximum atomic E-state index is 6.38. The summed E-state index contributed by atoms with van der Waals surface area (Å²) in [5.41, 5.74) is 7.10. The second-order valence-corrected chi connectivity index (χ2v) is 12.3. The highest BCUT2D eigenvalue weighted by atomic mass is 16.7. The molecule has 45 heavy (non-hydrogen) atoms. The molecule has 1 aliphatic heterocycles. The van der Waals surface area contributed by atoms with Crippen LogP contribution in [0.5, 0.6) is 0 Å². The third kappa shape index (κ3) is 5.59. The van der Waals surface area contributed by atoms with Gasteiger partial charge in [0.25, 0.3) is 0 Å². The van der Waals surface area contributed by atoms with Gasteiger partial charge < -0.3 is 9.31 Å². The fraction of sp³-hybridized carbons (Fsp3) is 0.154. The van der Waals surface area contributed by atoms with Crippen molar-refractivity contribution in [3.05, 3.63) is 133 Å². The maximum Gasteiger partial charge on any atom is 0.494 e. The Labute approximate surface area is 265 Å². The van der Waals surface area contributed by atoms with Gasteiger partial charge in [0.05, 0.1) is 11.2 Å². The monoisotopic (exact) mass is 587 g/mol. The number of hydrogen-bond donors (Lipinski definition) is 0. The number of hydrogen-bond acceptors (Lipinski definition) is 5. The summed E-state index contributed by atoms with van der Waals surface area (Å²) in [4.78, 5) is 15.4. The van der Waals surface area contributed by atoms with Gasteiger partial charge in [-0.05, 0) is 55.4 Å². The Morgan fingerprint density at radius 3 is 1.31 bits per heavy atom. The predicted molar refractivity (Wildman–Crippen MR) is 183 cm³/mol. The smallest absolute Gasteiger partial charge is 0.399 e. The van der Waals surface area contributed by atoms with Crippen molar-refractivity contribution in [1.29, 1.82) is 0 Å². The number of nitrogens with zero attached hydrogens (tertiary/aromatic N) is 3. The van der Waals surface area contributed by atoms with E-state index >= 15 is 0 Å². The zero-order chi connectivity index (χ0) is 31.0. The molecule has 7 rings (SSSR count). The molecular weight excluding hydrogens is 553 g/mol. The molecule has 1 aliphatic rings. The molecule has 0 spiro atoms. The van der Waals surface area contributed by atoms with Crippen LogP contribution in [0.1, 0.15) is 27.7 Å². The third-order valence-electron chi connectivity index (χ3n) is 8.81. The van der Waals surface area contributed by atoms with E-state index in [9.17, 15) is 0 Å². The normalized spacial score (nSPS) is 15.2. The van der Waals surface area contributed by atoms with E-state index in [1.165, 1.54) is 0 Å². The lowest BCUT2D eigenvalue weighted by Gasteiger charge is -2.32.